The molecule has 2 atom stereocenters. The minimum atomic E-state index is -1.04. The van der Waals surface area contributed by atoms with Crippen LogP contribution in [0.3, 0.4) is 0 Å². The van der Waals surface area contributed by atoms with E-state index in [-0.39, 0.29) is 17.7 Å². The molecule has 0 aliphatic carbocycles. The monoisotopic (exact) mass is 341 g/mol. The third-order valence-corrected chi connectivity index (χ3v) is 4.18. The van der Waals surface area contributed by atoms with Crippen LogP contribution in [-0.4, -0.2) is 26.7 Å². The minimum Gasteiger partial charge on any atom is -0.487 e. The van der Waals surface area contributed by atoms with Crippen molar-refractivity contribution in [3.63, 3.8) is 0 Å². The largest absolute Gasteiger partial charge is 0.487 e. The highest BCUT2D eigenvalue weighted by molar-refractivity contribution is 5.88. The van der Waals surface area contributed by atoms with E-state index in [0.717, 1.165) is 12.8 Å². The molecule has 1 heterocycles. The summed E-state index contributed by atoms with van der Waals surface area (Å²) in [7, 11) is 0. The number of aryl methyl sites for hydroxylation is 1. The van der Waals surface area contributed by atoms with Crippen molar-refractivity contribution in [2.24, 2.45) is 5.92 Å². The van der Waals surface area contributed by atoms with Crippen molar-refractivity contribution < 1.29 is 14.6 Å². The summed E-state index contributed by atoms with van der Waals surface area (Å²) in [6.45, 7) is 5.67. The second-order valence-corrected chi connectivity index (χ2v) is 5.91. The highest BCUT2D eigenvalue weighted by Crippen LogP contribution is 2.29. The molecule has 0 fully saturated rings. The third-order valence-electron chi connectivity index (χ3n) is 4.18. The maximum Gasteiger partial charge on any atom is 0.354 e. The van der Waals surface area contributed by atoms with E-state index in [1.807, 2.05) is 26.0 Å². The summed E-state index contributed by atoms with van der Waals surface area (Å²) in [6, 6.07) is 9.55. The first kappa shape index (κ1) is 18.5. The Labute approximate surface area is 147 Å². The van der Waals surface area contributed by atoms with Gasteiger partial charge in [-0.05, 0) is 31.9 Å². The smallest absolute Gasteiger partial charge is 0.354 e. The molecule has 0 aliphatic heterocycles. The third kappa shape index (κ3) is 4.00. The number of hydrogen-bond acceptors (Lipinski definition) is 4. The van der Waals surface area contributed by atoms with Crippen molar-refractivity contribution in [2.75, 3.05) is 0 Å². The molecule has 0 saturated carbocycles. The fourth-order valence-corrected chi connectivity index (χ4v) is 2.86. The van der Waals surface area contributed by atoms with E-state index < -0.39 is 5.97 Å². The molecule has 2 rings (SSSR count). The lowest BCUT2D eigenvalue weighted by Crippen LogP contribution is -2.26. The Kier molecular flexibility index (Phi) is 6.18. The van der Waals surface area contributed by atoms with Crippen molar-refractivity contribution in [1.29, 1.82) is 5.26 Å². The number of aromatic carboxylic acids is 1. The topological polar surface area (TPSA) is 88.1 Å². The van der Waals surface area contributed by atoms with Crippen molar-refractivity contribution in [3.8, 4) is 17.5 Å². The molecule has 1 aromatic carbocycles. The first-order valence-electron chi connectivity index (χ1n) is 8.46. The number of carboxylic acids is 1. The first-order valence-corrected chi connectivity index (χ1v) is 8.46. The van der Waals surface area contributed by atoms with Gasteiger partial charge in [-0.2, -0.15) is 5.26 Å². The molecule has 6 nitrogen and oxygen atoms in total. The lowest BCUT2D eigenvalue weighted by molar-refractivity contribution is 0.0687. The summed E-state index contributed by atoms with van der Waals surface area (Å²) < 4.78 is 7.68. The number of carbonyl (C=O) groups is 1. The van der Waals surface area contributed by atoms with Crippen LogP contribution in [0.5, 0.6) is 5.75 Å². The van der Waals surface area contributed by atoms with E-state index in [1.54, 1.807) is 19.1 Å². The van der Waals surface area contributed by atoms with E-state index in [1.165, 1.54) is 10.9 Å². The maximum absolute atomic E-state index is 11.6. The molecule has 2 aromatic rings. The Balaban J connectivity index is 2.45. The molecule has 6 heteroatoms. The van der Waals surface area contributed by atoms with E-state index >= 15 is 0 Å². The van der Waals surface area contributed by atoms with Gasteiger partial charge in [-0.15, -0.1) is 0 Å². The number of hydrogen-bond donors (Lipinski definition) is 1. The summed E-state index contributed by atoms with van der Waals surface area (Å²) in [5.41, 5.74) is 1.15. The predicted octanol–water partition coefficient (Wildman–Crippen LogP) is 3.98. The molecule has 0 radical (unpaired) electrons. The Morgan fingerprint density at radius 3 is 2.72 bits per heavy atom. The van der Waals surface area contributed by atoms with Crippen LogP contribution in [0.25, 0.3) is 5.69 Å². The fourth-order valence-electron chi connectivity index (χ4n) is 2.86. The molecule has 0 bridgehead atoms. The SMILES string of the molecule is CCCC(Oc1ccccc1-n1cnc(C)c1C(=O)O)C(C#N)CC. The Hall–Kier alpha value is -2.81. The molecule has 0 aliphatic rings. The predicted molar refractivity (Wildman–Crippen MR) is 94.0 cm³/mol. The number of imidazole rings is 1. The van der Waals surface area contributed by atoms with Gasteiger partial charge in [0, 0.05) is 0 Å². The number of benzene rings is 1. The highest BCUT2D eigenvalue weighted by atomic mass is 16.5. The van der Waals surface area contributed by atoms with Crippen molar-refractivity contribution in [1.82, 2.24) is 9.55 Å². The van der Waals surface area contributed by atoms with Crippen molar-refractivity contribution >= 4 is 5.97 Å². The van der Waals surface area contributed by atoms with Crippen LogP contribution < -0.4 is 4.74 Å². The molecular weight excluding hydrogens is 318 g/mol. The zero-order valence-electron chi connectivity index (χ0n) is 14.8. The molecule has 2 unspecified atom stereocenters. The number of nitrogens with zero attached hydrogens (tertiary/aromatic N) is 3. The number of nitriles is 1. The second-order valence-electron chi connectivity index (χ2n) is 5.91. The van der Waals surface area contributed by atoms with Gasteiger partial charge in [0.15, 0.2) is 5.69 Å². The van der Waals surface area contributed by atoms with Crippen LogP contribution in [0.4, 0.5) is 0 Å². The van der Waals surface area contributed by atoms with Crippen LogP contribution in [0.1, 0.15) is 49.3 Å². The normalized spacial score (nSPS) is 13.0. The van der Waals surface area contributed by atoms with Crippen molar-refractivity contribution in [2.45, 2.75) is 46.1 Å². The molecule has 0 amide bonds. The van der Waals surface area contributed by atoms with Crippen LogP contribution in [0.2, 0.25) is 0 Å². The molecule has 132 valence electrons. The molecule has 0 saturated heterocycles. The Morgan fingerprint density at radius 2 is 2.12 bits per heavy atom. The van der Waals surface area contributed by atoms with Gasteiger partial charge in [-0.1, -0.05) is 32.4 Å². The summed E-state index contributed by atoms with van der Waals surface area (Å²) >= 11 is 0. The average Bonchev–Trinajstić information content (AvgIpc) is 2.98. The zero-order valence-corrected chi connectivity index (χ0v) is 14.8. The van der Waals surface area contributed by atoms with Crippen LogP contribution in [-0.2, 0) is 0 Å². The van der Waals surface area contributed by atoms with Gasteiger partial charge in [0.05, 0.1) is 23.4 Å². The summed E-state index contributed by atoms with van der Waals surface area (Å²) in [6.07, 6.45) is 3.61. The van der Waals surface area contributed by atoms with E-state index in [4.69, 9.17) is 4.74 Å². The van der Waals surface area contributed by atoms with Crippen LogP contribution >= 0.6 is 0 Å². The lowest BCUT2D eigenvalue weighted by Gasteiger charge is -2.24. The summed E-state index contributed by atoms with van der Waals surface area (Å²) in [4.78, 5) is 15.7. The fraction of sp³-hybridized carbons (Fsp3) is 0.421. The molecule has 1 N–H and O–H groups in total. The average molecular weight is 341 g/mol. The molecule has 1 aromatic heterocycles. The number of ether oxygens (including phenoxy) is 1. The molecule has 25 heavy (non-hydrogen) atoms. The first-order chi connectivity index (χ1) is 12.0. The van der Waals surface area contributed by atoms with Gasteiger partial charge in [0.25, 0.3) is 0 Å². The zero-order chi connectivity index (χ0) is 18.4. The molecule has 0 spiro atoms. The van der Waals surface area contributed by atoms with E-state index in [9.17, 15) is 15.2 Å². The van der Waals surface area contributed by atoms with Gasteiger partial charge in [-0.25, -0.2) is 9.78 Å². The summed E-state index contributed by atoms with van der Waals surface area (Å²) in [5.74, 6) is -0.704. The minimum absolute atomic E-state index is 0.107. The van der Waals surface area contributed by atoms with Gasteiger partial charge >= 0.3 is 5.97 Å². The van der Waals surface area contributed by atoms with E-state index in [0.29, 0.717) is 23.6 Å². The Bertz CT molecular complexity index is 776. The molecular formula is C19H23N3O3. The van der Waals surface area contributed by atoms with Crippen LogP contribution in [0, 0.1) is 24.2 Å². The second kappa shape index (κ2) is 8.34. The van der Waals surface area contributed by atoms with Crippen molar-refractivity contribution in [3.05, 3.63) is 42.0 Å². The van der Waals surface area contributed by atoms with Crippen LogP contribution in [0.15, 0.2) is 30.6 Å². The summed E-state index contributed by atoms with van der Waals surface area (Å²) in [5, 5.41) is 18.9. The maximum atomic E-state index is 11.6. The standard InChI is InChI=1S/C19H23N3O3/c1-4-8-16(14(5-2)11-20)25-17-10-7-6-9-15(17)22-12-21-13(3)18(22)19(23)24/h6-7,9-10,12,14,16H,4-5,8H2,1-3H3,(H,23,24). The van der Waals surface area contributed by atoms with Gasteiger partial charge in [0.2, 0.25) is 0 Å². The number of aromatic nitrogens is 2. The lowest BCUT2D eigenvalue weighted by atomic mass is 9.97. The number of carboxylic acid groups (broad SMARTS) is 1. The number of para-hydroxylation sites is 2. The quantitative estimate of drug-likeness (QED) is 0.784. The highest BCUT2D eigenvalue weighted by Gasteiger charge is 2.24. The number of rotatable bonds is 8. The van der Waals surface area contributed by atoms with Gasteiger partial charge < -0.3 is 9.84 Å². The Morgan fingerprint density at radius 1 is 1.40 bits per heavy atom. The van der Waals surface area contributed by atoms with Gasteiger partial charge in [-0.3, -0.25) is 4.57 Å². The van der Waals surface area contributed by atoms with Gasteiger partial charge in [0.1, 0.15) is 18.2 Å². The van der Waals surface area contributed by atoms with E-state index in [2.05, 4.69) is 11.1 Å².